The third-order valence-electron chi connectivity index (χ3n) is 4.07. The Morgan fingerprint density at radius 3 is 2.71 bits per heavy atom. The van der Waals surface area contributed by atoms with Gasteiger partial charge in [0.1, 0.15) is 5.58 Å². The van der Waals surface area contributed by atoms with Crippen molar-refractivity contribution in [3.05, 3.63) is 35.0 Å². The molecule has 90 valence electrons. The summed E-state index contributed by atoms with van der Waals surface area (Å²) in [6.07, 6.45) is 6.47. The first-order chi connectivity index (χ1) is 8.27. The van der Waals surface area contributed by atoms with Crippen LogP contribution in [0.4, 0.5) is 0 Å². The Kier molecular flexibility index (Phi) is 2.64. The number of hydrogen-bond donors (Lipinski definition) is 1. The first kappa shape index (κ1) is 11.1. The lowest BCUT2D eigenvalue weighted by atomic mass is 9.77. The quantitative estimate of drug-likeness (QED) is 0.878. The van der Waals surface area contributed by atoms with Crippen LogP contribution in [-0.2, 0) is 5.41 Å². The molecule has 1 heterocycles. The van der Waals surface area contributed by atoms with E-state index in [1.165, 1.54) is 18.4 Å². The fourth-order valence-corrected chi connectivity index (χ4v) is 3.53. The Bertz CT molecular complexity index is 540. The zero-order chi connectivity index (χ0) is 11.9. The molecular weight excluding hydrogens is 234 g/mol. The van der Waals surface area contributed by atoms with Crippen LogP contribution in [-0.4, -0.2) is 6.54 Å². The molecule has 3 rings (SSSR count). The maximum Gasteiger partial charge on any atom is 0.134 e. The summed E-state index contributed by atoms with van der Waals surface area (Å²) in [5.74, 6) is 0. The summed E-state index contributed by atoms with van der Waals surface area (Å²) in [7, 11) is 0. The Hall–Kier alpha value is -0.990. The first-order valence-electron chi connectivity index (χ1n) is 6.13. The van der Waals surface area contributed by atoms with Crippen molar-refractivity contribution in [2.45, 2.75) is 31.1 Å². The molecule has 0 atom stereocenters. The topological polar surface area (TPSA) is 39.2 Å². The Morgan fingerprint density at radius 1 is 1.24 bits per heavy atom. The minimum absolute atomic E-state index is 0.0560. The minimum atomic E-state index is 0.0560. The van der Waals surface area contributed by atoms with Crippen molar-refractivity contribution in [1.29, 1.82) is 0 Å². The molecule has 1 aromatic heterocycles. The second-order valence-corrected chi connectivity index (χ2v) is 5.35. The van der Waals surface area contributed by atoms with E-state index >= 15 is 0 Å². The van der Waals surface area contributed by atoms with Gasteiger partial charge in [0.25, 0.3) is 0 Å². The van der Waals surface area contributed by atoms with Crippen molar-refractivity contribution in [3.8, 4) is 0 Å². The number of furan rings is 1. The number of halogens is 1. The van der Waals surface area contributed by atoms with Gasteiger partial charge in [0.2, 0.25) is 0 Å². The van der Waals surface area contributed by atoms with E-state index in [2.05, 4.69) is 0 Å². The summed E-state index contributed by atoms with van der Waals surface area (Å²) < 4.78 is 5.46. The third kappa shape index (κ3) is 1.59. The molecule has 0 radical (unpaired) electrons. The van der Waals surface area contributed by atoms with Gasteiger partial charge in [-0.15, -0.1) is 0 Å². The lowest BCUT2D eigenvalue weighted by Gasteiger charge is -2.29. The van der Waals surface area contributed by atoms with E-state index in [0.29, 0.717) is 6.54 Å². The standard InChI is InChI=1S/C14H16ClNO/c15-11-3-4-12-10(5-8-17-12)13(11)14(9-16)6-1-2-7-14/h3-5,8H,1-2,6-7,9,16H2. The molecule has 2 nitrogen and oxygen atoms in total. The van der Waals surface area contributed by atoms with Crippen LogP contribution in [0.3, 0.4) is 0 Å². The molecule has 1 fully saturated rings. The predicted molar refractivity (Wildman–Crippen MR) is 70.4 cm³/mol. The fourth-order valence-electron chi connectivity index (χ4n) is 3.16. The Morgan fingerprint density at radius 2 is 2.00 bits per heavy atom. The molecular formula is C14H16ClNO. The summed E-state index contributed by atoms with van der Waals surface area (Å²) in [6, 6.07) is 5.87. The summed E-state index contributed by atoms with van der Waals surface area (Å²) in [5.41, 5.74) is 8.20. The molecule has 0 bridgehead atoms. The van der Waals surface area contributed by atoms with Crippen LogP contribution in [0.15, 0.2) is 28.9 Å². The third-order valence-corrected chi connectivity index (χ3v) is 4.38. The maximum absolute atomic E-state index is 6.41. The van der Waals surface area contributed by atoms with Crippen LogP contribution >= 0.6 is 11.6 Å². The van der Waals surface area contributed by atoms with Crippen molar-refractivity contribution in [2.24, 2.45) is 5.73 Å². The molecule has 0 amide bonds. The van der Waals surface area contributed by atoms with E-state index in [4.69, 9.17) is 21.8 Å². The van der Waals surface area contributed by atoms with Gasteiger partial charge in [-0.2, -0.15) is 0 Å². The van der Waals surface area contributed by atoms with Gasteiger partial charge in [-0.25, -0.2) is 0 Å². The molecule has 17 heavy (non-hydrogen) atoms. The van der Waals surface area contributed by atoms with Crippen LogP contribution < -0.4 is 5.73 Å². The lowest BCUT2D eigenvalue weighted by Crippen LogP contribution is -2.32. The first-order valence-corrected chi connectivity index (χ1v) is 6.51. The van der Waals surface area contributed by atoms with Crippen molar-refractivity contribution in [3.63, 3.8) is 0 Å². The SMILES string of the molecule is NCC1(c2c(Cl)ccc3occc23)CCCC1. The number of rotatable bonds is 2. The van der Waals surface area contributed by atoms with Crippen LogP contribution in [0.5, 0.6) is 0 Å². The second-order valence-electron chi connectivity index (χ2n) is 4.95. The van der Waals surface area contributed by atoms with E-state index < -0.39 is 0 Å². The summed E-state index contributed by atoms with van der Waals surface area (Å²) in [5, 5.41) is 1.95. The number of fused-ring (bicyclic) bond motifs is 1. The van der Waals surface area contributed by atoms with Crippen LogP contribution in [0.2, 0.25) is 5.02 Å². The maximum atomic E-state index is 6.41. The van der Waals surface area contributed by atoms with E-state index in [-0.39, 0.29) is 5.41 Å². The van der Waals surface area contributed by atoms with E-state index in [9.17, 15) is 0 Å². The molecule has 1 saturated carbocycles. The summed E-state index contributed by atoms with van der Waals surface area (Å²) in [4.78, 5) is 0. The summed E-state index contributed by atoms with van der Waals surface area (Å²) in [6.45, 7) is 0.664. The van der Waals surface area contributed by atoms with Gasteiger partial charge in [0.15, 0.2) is 0 Å². The average molecular weight is 250 g/mol. The van der Waals surface area contributed by atoms with Gasteiger partial charge in [0, 0.05) is 22.4 Å². The highest BCUT2D eigenvalue weighted by molar-refractivity contribution is 6.32. The largest absolute Gasteiger partial charge is 0.464 e. The highest BCUT2D eigenvalue weighted by Gasteiger charge is 2.37. The van der Waals surface area contributed by atoms with Crippen molar-refractivity contribution < 1.29 is 4.42 Å². The second kappa shape index (κ2) is 4.04. The monoisotopic (exact) mass is 249 g/mol. The Balaban J connectivity index is 2.27. The number of benzene rings is 1. The van der Waals surface area contributed by atoms with Gasteiger partial charge < -0.3 is 10.2 Å². The minimum Gasteiger partial charge on any atom is -0.464 e. The van der Waals surface area contributed by atoms with Gasteiger partial charge in [-0.1, -0.05) is 24.4 Å². The fraction of sp³-hybridized carbons (Fsp3) is 0.429. The highest BCUT2D eigenvalue weighted by Crippen LogP contribution is 2.46. The smallest absolute Gasteiger partial charge is 0.134 e. The summed E-state index contributed by atoms with van der Waals surface area (Å²) >= 11 is 6.41. The Labute approximate surface area is 106 Å². The normalized spacial score (nSPS) is 18.9. The molecule has 2 aromatic rings. The molecule has 1 aliphatic carbocycles. The average Bonchev–Trinajstić information content (AvgIpc) is 2.97. The van der Waals surface area contributed by atoms with Crippen molar-refractivity contribution in [1.82, 2.24) is 0 Å². The van der Waals surface area contributed by atoms with E-state index in [0.717, 1.165) is 28.8 Å². The van der Waals surface area contributed by atoms with E-state index in [1.54, 1.807) is 6.26 Å². The van der Waals surface area contributed by atoms with Crippen LogP contribution in [0, 0.1) is 0 Å². The molecule has 0 saturated heterocycles. The number of nitrogens with two attached hydrogens (primary N) is 1. The van der Waals surface area contributed by atoms with Gasteiger partial charge in [-0.3, -0.25) is 0 Å². The zero-order valence-corrected chi connectivity index (χ0v) is 10.5. The van der Waals surface area contributed by atoms with Crippen LogP contribution in [0.1, 0.15) is 31.2 Å². The van der Waals surface area contributed by atoms with Gasteiger partial charge >= 0.3 is 0 Å². The van der Waals surface area contributed by atoms with Gasteiger partial charge in [0.05, 0.1) is 6.26 Å². The molecule has 0 unspecified atom stereocenters. The van der Waals surface area contributed by atoms with Crippen molar-refractivity contribution in [2.75, 3.05) is 6.54 Å². The van der Waals surface area contributed by atoms with E-state index in [1.807, 2.05) is 18.2 Å². The molecule has 1 aliphatic rings. The van der Waals surface area contributed by atoms with Crippen LogP contribution in [0.25, 0.3) is 11.0 Å². The predicted octanol–water partition coefficient (Wildman–Crippen LogP) is 3.86. The lowest BCUT2D eigenvalue weighted by molar-refractivity contribution is 0.457. The molecule has 1 aromatic carbocycles. The molecule has 0 aliphatic heterocycles. The van der Waals surface area contributed by atoms with Gasteiger partial charge in [-0.05, 0) is 36.6 Å². The molecule has 3 heteroatoms. The van der Waals surface area contributed by atoms with Crippen molar-refractivity contribution >= 4 is 22.6 Å². The molecule has 0 spiro atoms. The highest BCUT2D eigenvalue weighted by atomic mass is 35.5. The number of hydrogen-bond acceptors (Lipinski definition) is 2. The zero-order valence-electron chi connectivity index (χ0n) is 9.71. The molecule has 2 N–H and O–H groups in total.